The van der Waals surface area contributed by atoms with Crippen LogP contribution >= 0.6 is 11.6 Å². The molecule has 0 radical (unpaired) electrons. The van der Waals surface area contributed by atoms with Crippen LogP contribution in [0.2, 0.25) is 5.15 Å². The summed E-state index contributed by atoms with van der Waals surface area (Å²) in [5.41, 5.74) is 1.73. The fourth-order valence-corrected chi connectivity index (χ4v) is 1.13. The summed E-state index contributed by atoms with van der Waals surface area (Å²) in [5.74, 6) is 0. The Kier molecular flexibility index (Phi) is 6.71. The minimum absolute atomic E-state index is 0.475. The molecule has 0 bridgehead atoms. The molecule has 0 saturated carbocycles. The Morgan fingerprint density at radius 3 is 2.33 bits per heavy atom. The van der Waals surface area contributed by atoms with Crippen molar-refractivity contribution in [1.82, 2.24) is 14.6 Å². The highest BCUT2D eigenvalue weighted by Gasteiger charge is 1.97. The summed E-state index contributed by atoms with van der Waals surface area (Å²) in [6.07, 6.45) is 1.68. The zero-order chi connectivity index (χ0) is 11.8. The van der Waals surface area contributed by atoms with E-state index in [4.69, 9.17) is 11.6 Å². The van der Waals surface area contributed by atoms with Gasteiger partial charge in [0.15, 0.2) is 5.65 Å². The number of hydrogen-bond donors (Lipinski definition) is 0. The minimum atomic E-state index is 0.475. The maximum absolute atomic E-state index is 5.66. The van der Waals surface area contributed by atoms with Crippen LogP contribution in [-0.2, 0) is 0 Å². The third kappa shape index (κ3) is 3.88. The number of halogens is 1. The van der Waals surface area contributed by atoms with E-state index >= 15 is 0 Å². The summed E-state index contributed by atoms with van der Waals surface area (Å²) in [4.78, 5) is 4.02. The zero-order valence-corrected chi connectivity index (χ0v) is 10.7. The number of nitrogens with zero attached hydrogens (tertiary/aromatic N) is 3. The standard InChI is InChI=1S/C7H6ClN3.2C2H6/c1-5-2-3-7-9-6(8)4-11(7)10-5;2*1-2/h2-4H,1H3;2*1-2H3. The first-order valence-electron chi connectivity index (χ1n) is 5.24. The zero-order valence-electron chi connectivity index (χ0n) is 9.95. The maximum Gasteiger partial charge on any atom is 0.155 e. The molecule has 2 aromatic rings. The van der Waals surface area contributed by atoms with Crippen LogP contribution in [0.1, 0.15) is 33.4 Å². The van der Waals surface area contributed by atoms with Gasteiger partial charge in [-0.1, -0.05) is 39.3 Å². The predicted molar refractivity (Wildman–Crippen MR) is 65.4 cm³/mol. The monoisotopic (exact) mass is 227 g/mol. The van der Waals surface area contributed by atoms with Crippen LogP contribution in [-0.4, -0.2) is 14.6 Å². The molecule has 0 aromatic carbocycles. The molecule has 4 heteroatoms. The van der Waals surface area contributed by atoms with Crippen LogP contribution in [0.5, 0.6) is 0 Å². The van der Waals surface area contributed by atoms with Crippen LogP contribution < -0.4 is 0 Å². The smallest absolute Gasteiger partial charge is 0.155 e. The van der Waals surface area contributed by atoms with Gasteiger partial charge in [0.2, 0.25) is 0 Å². The number of fused-ring (bicyclic) bond motifs is 1. The molecule has 0 spiro atoms. The number of imidazole rings is 1. The average molecular weight is 228 g/mol. The van der Waals surface area contributed by atoms with Gasteiger partial charge in [-0.05, 0) is 19.1 Å². The number of rotatable bonds is 0. The molecule has 2 aromatic heterocycles. The lowest BCUT2D eigenvalue weighted by Crippen LogP contribution is -1.91. The molecule has 0 aliphatic heterocycles. The van der Waals surface area contributed by atoms with Crippen molar-refractivity contribution in [1.29, 1.82) is 0 Å². The molecule has 0 saturated heterocycles. The Bertz CT molecular complexity index is 396. The highest BCUT2D eigenvalue weighted by Crippen LogP contribution is 2.07. The highest BCUT2D eigenvalue weighted by molar-refractivity contribution is 6.29. The normalized spacial score (nSPS) is 8.67. The first kappa shape index (κ1) is 13.9. The summed E-state index contributed by atoms with van der Waals surface area (Å²) in [6.45, 7) is 9.92. The van der Waals surface area contributed by atoms with Gasteiger partial charge in [-0.25, -0.2) is 9.50 Å². The fraction of sp³-hybridized carbons (Fsp3) is 0.455. The molecule has 3 nitrogen and oxygen atoms in total. The van der Waals surface area contributed by atoms with Crippen LogP contribution in [0.25, 0.3) is 5.65 Å². The van der Waals surface area contributed by atoms with E-state index in [1.54, 1.807) is 10.7 Å². The second-order valence-corrected chi connectivity index (χ2v) is 2.73. The molecule has 2 rings (SSSR count). The lowest BCUT2D eigenvalue weighted by atomic mass is 10.4. The Morgan fingerprint density at radius 1 is 1.13 bits per heavy atom. The van der Waals surface area contributed by atoms with Gasteiger partial charge in [-0.15, -0.1) is 0 Å². The van der Waals surface area contributed by atoms with E-state index in [1.807, 2.05) is 46.8 Å². The third-order valence-electron chi connectivity index (χ3n) is 1.42. The van der Waals surface area contributed by atoms with Crippen LogP contribution in [0.3, 0.4) is 0 Å². The van der Waals surface area contributed by atoms with Gasteiger partial charge < -0.3 is 0 Å². The third-order valence-corrected chi connectivity index (χ3v) is 1.61. The summed E-state index contributed by atoms with van der Waals surface area (Å²) in [5, 5.41) is 4.64. The first-order valence-corrected chi connectivity index (χ1v) is 5.62. The molecule has 0 fully saturated rings. The molecule has 0 aliphatic carbocycles. The van der Waals surface area contributed by atoms with Gasteiger partial charge in [-0.2, -0.15) is 5.10 Å². The molecule has 15 heavy (non-hydrogen) atoms. The van der Waals surface area contributed by atoms with Crippen molar-refractivity contribution in [3.05, 3.63) is 29.2 Å². The average Bonchev–Trinajstić information content (AvgIpc) is 2.63. The van der Waals surface area contributed by atoms with Gasteiger partial charge in [-0.3, -0.25) is 0 Å². The summed E-state index contributed by atoms with van der Waals surface area (Å²) < 4.78 is 1.66. The second kappa shape index (κ2) is 7.23. The number of aromatic nitrogens is 3. The van der Waals surface area contributed by atoms with Gasteiger partial charge >= 0.3 is 0 Å². The maximum atomic E-state index is 5.66. The van der Waals surface area contributed by atoms with E-state index < -0.39 is 0 Å². The van der Waals surface area contributed by atoms with Crippen molar-refractivity contribution >= 4 is 17.2 Å². The van der Waals surface area contributed by atoms with E-state index in [-0.39, 0.29) is 0 Å². The highest BCUT2D eigenvalue weighted by atomic mass is 35.5. The molecule has 2 heterocycles. The summed E-state index contributed by atoms with van der Waals surface area (Å²) in [7, 11) is 0. The van der Waals surface area contributed by atoms with Gasteiger partial charge in [0.05, 0.1) is 11.9 Å². The molecule has 0 unspecified atom stereocenters. The van der Waals surface area contributed by atoms with E-state index in [0.29, 0.717) is 5.15 Å². The van der Waals surface area contributed by atoms with Crippen molar-refractivity contribution < 1.29 is 0 Å². The lowest BCUT2D eigenvalue weighted by Gasteiger charge is -1.91. The molecular formula is C11H18ClN3. The molecule has 0 N–H and O–H groups in total. The Labute approximate surface area is 96.1 Å². The second-order valence-electron chi connectivity index (χ2n) is 2.34. The van der Waals surface area contributed by atoms with E-state index in [2.05, 4.69) is 10.1 Å². The van der Waals surface area contributed by atoms with Crippen molar-refractivity contribution in [3.63, 3.8) is 0 Å². The molecule has 84 valence electrons. The Balaban J connectivity index is 0.000000442. The van der Waals surface area contributed by atoms with E-state index in [0.717, 1.165) is 11.3 Å². The Morgan fingerprint density at radius 2 is 1.73 bits per heavy atom. The van der Waals surface area contributed by atoms with Gasteiger partial charge in [0.1, 0.15) is 5.15 Å². The number of aryl methyl sites for hydroxylation is 1. The van der Waals surface area contributed by atoms with Crippen LogP contribution in [0, 0.1) is 6.92 Å². The molecule has 0 atom stereocenters. The van der Waals surface area contributed by atoms with Gasteiger partial charge in [0.25, 0.3) is 0 Å². The van der Waals surface area contributed by atoms with Crippen molar-refractivity contribution in [2.24, 2.45) is 0 Å². The quantitative estimate of drug-likeness (QED) is 0.686. The van der Waals surface area contributed by atoms with Crippen LogP contribution in [0.15, 0.2) is 18.3 Å². The number of hydrogen-bond acceptors (Lipinski definition) is 2. The molecule has 0 aliphatic rings. The first-order chi connectivity index (χ1) is 7.25. The topological polar surface area (TPSA) is 30.2 Å². The largest absolute Gasteiger partial charge is 0.219 e. The van der Waals surface area contributed by atoms with Crippen LogP contribution in [0.4, 0.5) is 0 Å². The molecular weight excluding hydrogens is 210 g/mol. The van der Waals surface area contributed by atoms with Crippen molar-refractivity contribution in [3.8, 4) is 0 Å². The van der Waals surface area contributed by atoms with E-state index in [9.17, 15) is 0 Å². The SMILES string of the molecule is CC.CC.Cc1ccc2nc(Cl)cn2n1. The Hall–Kier alpha value is -1.09. The van der Waals surface area contributed by atoms with Crippen molar-refractivity contribution in [2.45, 2.75) is 34.6 Å². The molecule has 0 amide bonds. The van der Waals surface area contributed by atoms with E-state index in [1.165, 1.54) is 0 Å². The van der Waals surface area contributed by atoms with Crippen molar-refractivity contribution in [2.75, 3.05) is 0 Å². The van der Waals surface area contributed by atoms with Gasteiger partial charge in [0, 0.05) is 0 Å². The summed E-state index contributed by atoms with van der Waals surface area (Å²) >= 11 is 5.66. The summed E-state index contributed by atoms with van der Waals surface area (Å²) in [6, 6.07) is 3.78. The predicted octanol–water partition coefficient (Wildman–Crippen LogP) is 3.74. The fourth-order valence-electron chi connectivity index (χ4n) is 0.949. The minimum Gasteiger partial charge on any atom is -0.219 e. The lowest BCUT2D eigenvalue weighted by molar-refractivity contribution is 0.901.